The normalized spacial score (nSPS) is 11.3. The van der Waals surface area contributed by atoms with Crippen molar-refractivity contribution in [2.45, 2.75) is 11.8 Å². The topological polar surface area (TPSA) is 71.4 Å². The standard InChI is InChI=1S/C15H14O4S/c1-10-4-3-5-13(14(10)15(16)17)11-6-8-12(9-7-11)20(2,18)19/h3-9H,1-2H3,(H,16,17). The second kappa shape index (κ2) is 5.09. The maximum Gasteiger partial charge on any atom is 0.336 e. The summed E-state index contributed by atoms with van der Waals surface area (Å²) in [6.45, 7) is 1.73. The lowest BCUT2D eigenvalue weighted by atomic mass is 9.96. The van der Waals surface area contributed by atoms with Crippen LogP contribution in [0.5, 0.6) is 0 Å². The Morgan fingerprint density at radius 2 is 1.65 bits per heavy atom. The Bertz CT molecular complexity index is 759. The molecule has 0 unspecified atom stereocenters. The molecule has 1 N–H and O–H groups in total. The quantitative estimate of drug-likeness (QED) is 0.943. The smallest absolute Gasteiger partial charge is 0.336 e. The van der Waals surface area contributed by atoms with E-state index in [1.54, 1.807) is 37.3 Å². The number of rotatable bonds is 3. The molecule has 5 heteroatoms. The van der Waals surface area contributed by atoms with Crippen LogP contribution in [-0.2, 0) is 9.84 Å². The lowest BCUT2D eigenvalue weighted by molar-refractivity contribution is 0.0697. The van der Waals surface area contributed by atoms with Gasteiger partial charge in [-0.25, -0.2) is 13.2 Å². The molecule has 0 amide bonds. The fourth-order valence-electron chi connectivity index (χ4n) is 2.07. The van der Waals surface area contributed by atoms with Crippen molar-refractivity contribution in [3.63, 3.8) is 0 Å². The molecule has 4 nitrogen and oxygen atoms in total. The van der Waals surface area contributed by atoms with E-state index in [0.29, 0.717) is 16.7 Å². The van der Waals surface area contributed by atoms with Crippen molar-refractivity contribution in [3.8, 4) is 11.1 Å². The van der Waals surface area contributed by atoms with Crippen LogP contribution in [0.3, 0.4) is 0 Å². The van der Waals surface area contributed by atoms with Crippen molar-refractivity contribution in [2.24, 2.45) is 0 Å². The molecular formula is C15H14O4S. The molecule has 0 aliphatic carbocycles. The van der Waals surface area contributed by atoms with Crippen molar-refractivity contribution >= 4 is 15.8 Å². The predicted molar refractivity (Wildman–Crippen MR) is 76.7 cm³/mol. The molecule has 0 heterocycles. The van der Waals surface area contributed by atoms with Crippen LogP contribution in [-0.4, -0.2) is 25.7 Å². The summed E-state index contributed by atoms with van der Waals surface area (Å²) in [5.74, 6) is -0.995. The van der Waals surface area contributed by atoms with Gasteiger partial charge in [0.1, 0.15) is 0 Å². The highest BCUT2D eigenvalue weighted by Crippen LogP contribution is 2.27. The van der Waals surface area contributed by atoms with Crippen LogP contribution in [0.2, 0.25) is 0 Å². The van der Waals surface area contributed by atoms with Crippen molar-refractivity contribution in [2.75, 3.05) is 6.26 Å². The second-order valence-electron chi connectivity index (χ2n) is 4.60. The number of aryl methyl sites for hydroxylation is 1. The van der Waals surface area contributed by atoms with Gasteiger partial charge in [0.2, 0.25) is 0 Å². The average Bonchev–Trinajstić information content (AvgIpc) is 2.37. The number of carbonyl (C=O) groups is 1. The van der Waals surface area contributed by atoms with E-state index in [4.69, 9.17) is 0 Å². The van der Waals surface area contributed by atoms with Gasteiger partial charge in [-0.05, 0) is 35.7 Å². The van der Waals surface area contributed by atoms with Crippen LogP contribution < -0.4 is 0 Å². The largest absolute Gasteiger partial charge is 0.478 e. The van der Waals surface area contributed by atoms with Crippen molar-refractivity contribution in [1.82, 2.24) is 0 Å². The number of carboxylic acids is 1. The van der Waals surface area contributed by atoms with Gasteiger partial charge in [0.15, 0.2) is 9.84 Å². The third-order valence-corrected chi connectivity index (χ3v) is 4.21. The zero-order chi connectivity index (χ0) is 14.9. The van der Waals surface area contributed by atoms with Crippen molar-refractivity contribution in [3.05, 3.63) is 53.6 Å². The zero-order valence-corrected chi connectivity index (χ0v) is 11.9. The van der Waals surface area contributed by atoms with E-state index in [2.05, 4.69) is 0 Å². The van der Waals surface area contributed by atoms with Gasteiger partial charge >= 0.3 is 5.97 Å². The lowest BCUT2D eigenvalue weighted by Gasteiger charge is -2.09. The molecule has 0 aromatic heterocycles. The maximum atomic E-state index is 11.4. The molecule has 2 aromatic carbocycles. The Hall–Kier alpha value is -2.14. The van der Waals surface area contributed by atoms with Crippen molar-refractivity contribution in [1.29, 1.82) is 0 Å². The average molecular weight is 290 g/mol. The molecule has 2 rings (SSSR count). The van der Waals surface area contributed by atoms with E-state index in [1.165, 1.54) is 12.1 Å². The molecule has 0 aliphatic heterocycles. The molecule has 0 spiro atoms. The van der Waals surface area contributed by atoms with Gasteiger partial charge in [-0.15, -0.1) is 0 Å². The molecule has 0 aliphatic rings. The number of sulfone groups is 1. The highest BCUT2D eigenvalue weighted by molar-refractivity contribution is 7.90. The predicted octanol–water partition coefficient (Wildman–Crippen LogP) is 2.76. The van der Waals surface area contributed by atoms with Crippen LogP contribution >= 0.6 is 0 Å². The SMILES string of the molecule is Cc1cccc(-c2ccc(S(C)(=O)=O)cc2)c1C(=O)O. The number of hydrogen-bond donors (Lipinski definition) is 1. The van der Waals surface area contributed by atoms with Gasteiger partial charge < -0.3 is 5.11 Å². The Labute approximate surface area is 117 Å². The maximum absolute atomic E-state index is 11.4. The van der Waals surface area contributed by atoms with Crippen molar-refractivity contribution < 1.29 is 18.3 Å². The first kappa shape index (κ1) is 14.3. The first-order valence-corrected chi connectivity index (χ1v) is 7.83. The number of aromatic carboxylic acids is 1. The van der Waals surface area contributed by atoms with Crippen LogP contribution in [0, 0.1) is 6.92 Å². The van der Waals surface area contributed by atoms with Gasteiger partial charge in [0.25, 0.3) is 0 Å². The van der Waals surface area contributed by atoms with E-state index >= 15 is 0 Å². The molecule has 0 saturated carbocycles. The molecule has 0 fully saturated rings. The molecule has 104 valence electrons. The molecule has 20 heavy (non-hydrogen) atoms. The highest BCUT2D eigenvalue weighted by atomic mass is 32.2. The Morgan fingerprint density at radius 1 is 1.05 bits per heavy atom. The summed E-state index contributed by atoms with van der Waals surface area (Å²) in [6, 6.07) is 11.4. The third kappa shape index (κ3) is 2.72. The summed E-state index contributed by atoms with van der Waals surface area (Å²) >= 11 is 0. The lowest BCUT2D eigenvalue weighted by Crippen LogP contribution is -2.03. The summed E-state index contributed by atoms with van der Waals surface area (Å²) < 4.78 is 22.8. The molecule has 0 radical (unpaired) electrons. The summed E-state index contributed by atoms with van der Waals surface area (Å²) in [5.41, 5.74) is 2.16. The first-order chi connectivity index (χ1) is 9.30. The molecule has 0 atom stereocenters. The summed E-state index contributed by atoms with van der Waals surface area (Å²) in [7, 11) is -3.25. The first-order valence-electron chi connectivity index (χ1n) is 5.94. The minimum atomic E-state index is -3.25. The molecular weight excluding hydrogens is 276 g/mol. The van der Waals surface area contributed by atoms with Crippen LogP contribution in [0.4, 0.5) is 0 Å². The number of hydrogen-bond acceptors (Lipinski definition) is 3. The zero-order valence-electron chi connectivity index (χ0n) is 11.1. The highest BCUT2D eigenvalue weighted by Gasteiger charge is 2.15. The van der Waals surface area contributed by atoms with E-state index < -0.39 is 15.8 Å². The van der Waals surface area contributed by atoms with E-state index in [0.717, 1.165) is 6.26 Å². The van der Waals surface area contributed by atoms with Gasteiger partial charge in [0, 0.05) is 6.26 Å². The summed E-state index contributed by atoms with van der Waals surface area (Å²) in [4.78, 5) is 11.6. The van der Waals surface area contributed by atoms with Crippen LogP contribution in [0.15, 0.2) is 47.4 Å². The van der Waals surface area contributed by atoms with Gasteiger partial charge in [-0.2, -0.15) is 0 Å². The van der Waals surface area contributed by atoms with Crippen LogP contribution in [0.25, 0.3) is 11.1 Å². The molecule has 0 saturated heterocycles. The van der Waals surface area contributed by atoms with Gasteiger partial charge in [0.05, 0.1) is 10.5 Å². The summed E-state index contributed by atoms with van der Waals surface area (Å²) in [5, 5.41) is 9.30. The third-order valence-electron chi connectivity index (χ3n) is 3.08. The Morgan fingerprint density at radius 3 is 2.15 bits per heavy atom. The van der Waals surface area contributed by atoms with E-state index in [1.807, 2.05) is 0 Å². The number of carboxylic acid groups (broad SMARTS) is 1. The second-order valence-corrected chi connectivity index (χ2v) is 6.61. The minimum Gasteiger partial charge on any atom is -0.478 e. The Balaban J connectivity index is 2.58. The Kier molecular flexibility index (Phi) is 3.63. The fraction of sp³-hybridized carbons (Fsp3) is 0.133. The van der Waals surface area contributed by atoms with Gasteiger partial charge in [-0.1, -0.05) is 30.3 Å². The fourth-order valence-corrected chi connectivity index (χ4v) is 2.70. The van der Waals surface area contributed by atoms with Crippen LogP contribution in [0.1, 0.15) is 15.9 Å². The van der Waals surface area contributed by atoms with Gasteiger partial charge in [-0.3, -0.25) is 0 Å². The monoisotopic (exact) mass is 290 g/mol. The molecule has 2 aromatic rings. The minimum absolute atomic E-state index is 0.214. The van der Waals surface area contributed by atoms with E-state index in [9.17, 15) is 18.3 Å². The summed E-state index contributed by atoms with van der Waals surface area (Å²) in [6.07, 6.45) is 1.14. The van der Waals surface area contributed by atoms with E-state index in [-0.39, 0.29) is 10.5 Å². The molecule has 0 bridgehead atoms. The number of benzene rings is 2.